The van der Waals surface area contributed by atoms with Gasteiger partial charge in [-0.1, -0.05) is 116 Å². The molecule has 14 atom stereocenters. The van der Waals surface area contributed by atoms with Crippen LogP contribution in [-0.2, 0) is 106 Å². The molecule has 18 N–H and O–H groups in total. The SMILES string of the molecule is CCCC[C@H]1C(=O)N(C)[C@@H](CCCC)C(=O)N[C@@H](CC(C)C)C(=O)N[C@H](C(=O)NCC(=O)NCCOC)CSCC(=O)N[C@@H](Cc2ccc(O)cc2)C(=O)N(C)[C@@H](C)C(=O)N[C@@H](CC(N)=O)C(=O)N2CCC[C@H]2C(=O)N[C@@H](CN)C(=O)N[C@@H](CC(C)C)C(=O)N2C[C@H](O)C[C@H]2C(=O)C[C@@H](Cc2c[nH]c3ccccc23)C(=O)NCC(=O)N[C@@H](Cc2c[nH]c3ccccc23)C(=O)N1C. The molecule has 0 saturated carbocycles. The Balaban J connectivity index is 1.17. The van der Waals surface area contributed by atoms with Gasteiger partial charge in [0.05, 0.1) is 44.0 Å². The number of ether oxygens (including phenoxy) is 1. The number of Topliss-reactive ketones (excluding diaryl/α,β-unsaturated/α-hetero) is 1. The van der Waals surface area contributed by atoms with E-state index in [0.717, 1.165) is 26.5 Å². The van der Waals surface area contributed by atoms with Crippen molar-refractivity contribution in [3.8, 4) is 5.75 Å². The van der Waals surface area contributed by atoms with Crippen LogP contribution in [0.25, 0.3) is 21.8 Å². The molecule has 0 spiro atoms. The third-order valence-corrected chi connectivity index (χ3v) is 24.9. The number of hydrogen-bond acceptors (Lipinski definition) is 22. The first-order chi connectivity index (χ1) is 62.4. The van der Waals surface area contributed by atoms with Crippen LogP contribution in [0.5, 0.6) is 5.75 Å². The molecular weight excluding hydrogens is 1710 g/mol. The summed E-state index contributed by atoms with van der Waals surface area (Å²) in [6.07, 6.45) is 2.11. The van der Waals surface area contributed by atoms with Crippen LogP contribution >= 0.6 is 11.8 Å². The fourth-order valence-corrected chi connectivity index (χ4v) is 17.4. The monoisotopic (exact) mass is 1840 g/mol. The number of ketones is 1. The van der Waals surface area contributed by atoms with Crippen LogP contribution in [-0.4, -0.2) is 309 Å². The van der Waals surface area contributed by atoms with Crippen LogP contribution in [0.2, 0.25) is 0 Å². The maximum Gasteiger partial charge on any atom is 0.246 e. The van der Waals surface area contributed by atoms with E-state index >= 15 is 28.8 Å². The molecule has 716 valence electrons. The van der Waals surface area contributed by atoms with Crippen LogP contribution in [0.15, 0.2) is 85.2 Å². The lowest BCUT2D eigenvalue weighted by atomic mass is 9.90. The molecule has 5 heterocycles. The lowest BCUT2D eigenvalue weighted by Gasteiger charge is -2.36. The first kappa shape index (κ1) is 104. The van der Waals surface area contributed by atoms with Gasteiger partial charge in [0.2, 0.25) is 94.5 Å². The van der Waals surface area contributed by atoms with Gasteiger partial charge < -0.3 is 114 Å². The number of nitrogens with two attached hydrogens (primary N) is 2. The minimum absolute atomic E-state index is 0.00719. The smallest absolute Gasteiger partial charge is 0.246 e. The van der Waals surface area contributed by atoms with Crippen LogP contribution in [0, 0.1) is 17.8 Å². The number of nitrogens with zero attached hydrogens (tertiary/aromatic N) is 5. The van der Waals surface area contributed by atoms with Gasteiger partial charge in [-0.15, -0.1) is 11.8 Å². The number of phenols is 1. The normalized spacial score (nSPS) is 24.7. The van der Waals surface area contributed by atoms with Gasteiger partial charge in [-0.3, -0.25) is 81.5 Å². The number of fused-ring (bicyclic) bond motifs is 4. The van der Waals surface area contributed by atoms with Crippen molar-refractivity contribution in [1.29, 1.82) is 0 Å². The summed E-state index contributed by atoms with van der Waals surface area (Å²) in [5.74, 6) is -17.1. The molecule has 5 aromatic rings. The van der Waals surface area contributed by atoms with Crippen LogP contribution < -0.4 is 64.6 Å². The van der Waals surface area contributed by atoms with Crippen molar-refractivity contribution in [1.82, 2.24) is 87.6 Å². The molecule has 8 rings (SSSR count). The molecular formula is C91H131N19O20S. The number of para-hydroxylation sites is 2. The van der Waals surface area contributed by atoms with E-state index in [1.165, 1.54) is 69.2 Å². The van der Waals surface area contributed by atoms with Gasteiger partial charge in [-0.2, -0.15) is 0 Å². The predicted molar refractivity (Wildman–Crippen MR) is 488 cm³/mol. The fourth-order valence-electron chi connectivity index (χ4n) is 16.5. The third kappa shape index (κ3) is 29.7. The second-order valence-corrected chi connectivity index (χ2v) is 35.8. The number of likely N-dealkylation sites (N-methyl/N-ethyl adjacent to an activating group) is 3. The van der Waals surface area contributed by atoms with E-state index in [-0.39, 0.29) is 114 Å². The second kappa shape index (κ2) is 50.4. The largest absolute Gasteiger partial charge is 0.508 e. The van der Waals surface area contributed by atoms with Gasteiger partial charge in [0.15, 0.2) is 5.78 Å². The number of H-pyrrole nitrogens is 2. The zero-order valence-electron chi connectivity index (χ0n) is 76.5. The van der Waals surface area contributed by atoms with Crippen molar-refractivity contribution in [3.63, 3.8) is 0 Å². The molecule has 3 aliphatic rings. The Labute approximate surface area is 766 Å². The van der Waals surface area contributed by atoms with Gasteiger partial charge in [-0.05, 0) is 105 Å². The van der Waals surface area contributed by atoms with E-state index in [1.807, 2.05) is 44.2 Å². The lowest BCUT2D eigenvalue weighted by molar-refractivity contribution is -0.149. The van der Waals surface area contributed by atoms with Gasteiger partial charge in [0.25, 0.3) is 0 Å². The van der Waals surface area contributed by atoms with E-state index in [9.17, 15) is 63.0 Å². The maximum absolute atomic E-state index is 15.6. The minimum Gasteiger partial charge on any atom is -0.508 e. The van der Waals surface area contributed by atoms with E-state index in [4.69, 9.17) is 16.2 Å². The number of carbonyl (C=O) groups excluding carboxylic acids is 17. The number of thioether (sulfide) groups is 1. The Kier molecular flexibility index (Phi) is 40.1. The third-order valence-electron chi connectivity index (χ3n) is 23.8. The molecule has 0 aliphatic carbocycles. The number of phenolic OH excluding ortho intramolecular Hbond substituents is 1. The maximum atomic E-state index is 15.6. The molecule has 0 unspecified atom stereocenters. The number of aliphatic hydroxyl groups excluding tert-OH is 1. The van der Waals surface area contributed by atoms with Crippen molar-refractivity contribution in [2.75, 3.05) is 85.6 Å². The number of amides is 16. The van der Waals surface area contributed by atoms with Crippen molar-refractivity contribution in [2.24, 2.45) is 29.2 Å². The number of methoxy groups -OCH3 is 1. The minimum atomic E-state index is -1.75. The summed E-state index contributed by atoms with van der Waals surface area (Å²) in [5.41, 5.74) is 14.9. The standard InChI is InChI=1S/C91H131N19O20S/c1-12-14-25-71-85(123)101-64(35-51(3)4)83(121)105-70(82(120)98-46-77(115)94-32-34-130-11)49-131-50-79(117)100-66(37-54-28-30-58(111)31-29-54)87(125)106(8)53(7)80(118)102-68(42-76(93)114)89(127)109-33-20-27-72(109)86(124)104-69(43-92)84(122)103-65(36-52(5)6)90(128)110-48-59(112)41-74(110)75(113)40-55(38-56-44-95-62-23-18-16-21-60(56)62)81(119)97-47-78(116)99-67(39-57-45-96-63-24-19-17-22-61(57)63)88(126)108(10)73(26-15-13-2)91(129)107(71)9/h16-19,21-24,28-31,44-45,51-53,55,59,64-74,95-96,111-112H,12-15,20,25-27,32-43,46-50,92H2,1-11H3,(H2,93,114)(H,94,115)(H,97,119)(H,98,120)(H,99,116)(H,100,117)(H,101,123)(H,102,118)(H,103,122)(H,104,124)(H,105,121)/t53-,55+,59+,64-,65-,66-,67-,68-,69-,70-,71-,72-,73-,74-/m0/s1. The number of carbonyl (C=O) groups is 17. The Morgan fingerprint density at radius 2 is 1.15 bits per heavy atom. The molecule has 39 nitrogen and oxygen atoms in total. The quantitative estimate of drug-likeness (QED) is 0.0338. The molecule has 16 amide bonds. The van der Waals surface area contributed by atoms with E-state index in [2.05, 4.69) is 63.1 Å². The average Bonchev–Trinajstić information content (AvgIpc) is 1.75. The summed E-state index contributed by atoms with van der Waals surface area (Å²) >= 11 is 0.822. The highest BCUT2D eigenvalue weighted by atomic mass is 32.2. The van der Waals surface area contributed by atoms with Crippen molar-refractivity contribution < 1.29 is 96.5 Å². The number of primary amides is 1. The van der Waals surface area contributed by atoms with Gasteiger partial charge in [0, 0.05) is 126 Å². The molecule has 0 bridgehead atoms. The number of nitrogens with one attached hydrogen (secondary N) is 12. The number of unbranched alkanes of at least 4 members (excludes halogenated alkanes) is 2. The lowest BCUT2D eigenvalue weighted by Crippen LogP contribution is -2.61. The fraction of sp³-hybridized carbons (Fsp3) is 0.571. The Morgan fingerprint density at radius 1 is 0.588 bits per heavy atom. The Bertz CT molecular complexity index is 4850. The molecule has 3 aliphatic heterocycles. The topological polar surface area (TPSA) is 560 Å². The van der Waals surface area contributed by atoms with Gasteiger partial charge in [0.1, 0.15) is 72.2 Å². The first-order valence-electron chi connectivity index (χ1n) is 44.8. The van der Waals surface area contributed by atoms with E-state index < -0.39 is 223 Å². The summed E-state index contributed by atoms with van der Waals surface area (Å²) in [6, 6.07) is 2.74. The summed E-state index contributed by atoms with van der Waals surface area (Å²) in [4.78, 5) is 261. The van der Waals surface area contributed by atoms with Crippen molar-refractivity contribution >= 4 is 134 Å². The number of rotatable bonds is 25. The highest BCUT2D eigenvalue weighted by Crippen LogP contribution is 2.30. The van der Waals surface area contributed by atoms with Crippen LogP contribution in [0.4, 0.5) is 0 Å². The first-order valence-corrected chi connectivity index (χ1v) is 46.0. The molecule has 3 fully saturated rings. The Hall–Kier alpha value is -12.0. The summed E-state index contributed by atoms with van der Waals surface area (Å²) in [5, 5.41) is 49.7. The molecule has 2 aromatic heterocycles. The predicted octanol–water partition coefficient (Wildman–Crippen LogP) is -0.146. The number of hydrogen-bond donors (Lipinski definition) is 16. The highest BCUT2D eigenvalue weighted by Gasteiger charge is 2.46. The summed E-state index contributed by atoms with van der Waals surface area (Å²) in [6.45, 7) is 10.0. The highest BCUT2D eigenvalue weighted by molar-refractivity contribution is 8.00. The number of aromatic hydroxyl groups is 1. The average molecular weight is 1840 g/mol. The number of benzene rings is 3. The summed E-state index contributed by atoms with van der Waals surface area (Å²) in [7, 11) is 5.48. The molecule has 3 aromatic carbocycles. The van der Waals surface area contributed by atoms with Crippen LogP contribution in [0.1, 0.15) is 149 Å². The van der Waals surface area contributed by atoms with Crippen molar-refractivity contribution in [2.45, 2.75) is 230 Å². The van der Waals surface area contributed by atoms with E-state index in [1.54, 1.807) is 58.3 Å². The van der Waals surface area contributed by atoms with E-state index in [0.29, 0.717) is 64.2 Å². The zero-order valence-corrected chi connectivity index (χ0v) is 77.4. The zero-order chi connectivity index (χ0) is 96.0. The van der Waals surface area contributed by atoms with Gasteiger partial charge in [-0.25, -0.2) is 0 Å². The second-order valence-electron chi connectivity index (χ2n) is 34.8. The molecule has 131 heavy (non-hydrogen) atoms. The number of aromatic amines is 2. The number of aliphatic hydroxyl groups is 1. The number of aromatic nitrogens is 2. The van der Waals surface area contributed by atoms with Crippen molar-refractivity contribution in [3.05, 3.63) is 102 Å². The van der Waals surface area contributed by atoms with Crippen LogP contribution in [0.3, 0.4) is 0 Å². The Morgan fingerprint density at radius 3 is 1.76 bits per heavy atom. The van der Waals surface area contributed by atoms with Gasteiger partial charge >= 0.3 is 0 Å². The summed E-state index contributed by atoms with van der Waals surface area (Å²) < 4.78 is 5.04. The molecule has 0 radical (unpaired) electrons. The molecule has 40 heteroatoms. The molecule has 3 saturated heterocycles.